The monoisotopic (exact) mass is 239 g/mol. The van der Waals surface area contributed by atoms with Crippen LogP contribution in [-0.4, -0.2) is 17.0 Å². The van der Waals surface area contributed by atoms with E-state index in [2.05, 4.69) is 15.3 Å². The summed E-state index contributed by atoms with van der Waals surface area (Å²) in [5.74, 6) is 0. The highest BCUT2D eigenvalue weighted by molar-refractivity contribution is 5.73. The highest BCUT2D eigenvalue weighted by atomic mass is 16.3. The van der Waals surface area contributed by atoms with Crippen LogP contribution in [0.2, 0.25) is 0 Å². The van der Waals surface area contributed by atoms with Crippen molar-refractivity contribution in [2.24, 2.45) is 0 Å². The second kappa shape index (κ2) is 4.58. The molecule has 3 aromatic rings. The summed E-state index contributed by atoms with van der Waals surface area (Å²) in [5.41, 5.74) is 3.74. The Labute approximate surface area is 105 Å². The molecule has 0 aliphatic heterocycles. The summed E-state index contributed by atoms with van der Waals surface area (Å²) in [6, 6.07) is 9.78. The lowest BCUT2D eigenvalue weighted by atomic mass is 10.1. The fraction of sp³-hybridized carbons (Fsp3) is 0.143. The van der Waals surface area contributed by atoms with Crippen molar-refractivity contribution in [2.45, 2.75) is 6.04 Å². The van der Waals surface area contributed by atoms with Crippen molar-refractivity contribution in [1.82, 2.24) is 15.3 Å². The number of para-hydroxylation sites is 2. The van der Waals surface area contributed by atoms with E-state index in [-0.39, 0.29) is 6.04 Å². The molecule has 0 fully saturated rings. The first-order valence-corrected chi connectivity index (χ1v) is 5.79. The molecule has 4 heteroatoms. The molecule has 90 valence electrons. The van der Waals surface area contributed by atoms with Crippen LogP contribution >= 0.6 is 0 Å². The molecule has 1 aromatic carbocycles. The maximum absolute atomic E-state index is 5.12. The SMILES string of the molecule is CNC(c1ccoc1)c1cnc2ccccc2n1. The normalized spacial score (nSPS) is 12.7. The van der Waals surface area contributed by atoms with Gasteiger partial charge in [0, 0.05) is 5.56 Å². The van der Waals surface area contributed by atoms with Gasteiger partial charge >= 0.3 is 0 Å². The average molecular weight is 239 g/mol. The predicted octanol–water partition coefficient (Wildman–Crippen LogP) is 2.53. The first-order valence-electron chi connectivity index (χ1n) is 5.79. The van der Waals surface area contributed by atoms with Gasteiger partial charge < -0.3 is 9.73 Å². The van der Waals surface area contributed by atoms with Crippen LogP contribution in [0.1, 0.15) is 17.3 Å². The van der Waals surface area contributed by atoms with Gasteiger partial charge in [0.05, 0.1) is 41.5 Å². The van der Waals surface area contributed by atoms with Crippen LogP contribution in [0.5, 0.6) is 0 Å². The second-order valence-electron chi connectivity index (χ2n) is 4.06. The highest BCUT2D eigenvalue weighted by Crippen LogP contribution is 2.21. The zero-order valence-corrected chi connectivity index (χ0v) is 10.00. The molecule has 4 nitrogen and oxygen atoms in total. The number of aromatic nitrogens is 2. The van der Waals surface area contributed by atoms with Gasteiger partial charge in [-0.1, -0.05) is 12.1 Å². The Morgan fingerprint density at radius 1 is 1.17 bits per heavy atom. The molecular formula is C14H13N3O. The summed E-state index contributed by atoms with van der Waals surface area (Å²) in [6.07, 6.45) is 5.18. The smallest absolute Gasteiger partial charge is 0.0954 e. The van der Waals surface area contributed by atoms with Gasteiger partial charge in [-0.2, -0.15) is 0 Å². The lowest BCUT2D eigenvalue weighted by Gasteiger charge is -2.13. The molecule has 0 amide bonds. The van der Waals surface area contributed by atoms with Crippen molar-refractivity contribution in [3.8, 4) is 0 Å². The lowest BCUT2D eigenvalue weighted by Crippen LogP contribution is -2.18. The number of benzene rings is 1. The molecule has 0 bridgehead atoms. The Bertz CT molecular complexity index is 649. The third-order valence-electron chi connectivity index (χ3n) is 2.93. The van der Waals surface area contributed by atoms with E-state index in [1.54, 1.807) is 18.7 Å². The topological polar surface area (TPSA) is 51.0 Å². The molecule has 0 aliphatic rings. The summed E-state index contributed by atoms with van der Waals surface area (Å²) in [5, 5.41) is 3.22. The fourth-order valence-electron chi connectivity index (χ4n) is 2.04. The molecule has 2 heterocycles. The van der Waals surface area contributed by atoms with Crippen molar-refractivity contribution in [3.63, 3.8) is 0 Å². The highest BCUT2D eigenvalue weighted by Gasteiger charge is 2.15. The van der Waals surface area contributed by atoms with E-state index in [1.165, 1.54) is 0 Å². The van der Waals surface area contributed by atoms with Crippen molar-refractivity contribution < 1.29 is 4.42 Å². The Morgan fingerprint density at radius 3 is 2.72 bits per heavy atom. The van der Waals surface area contributed by atoms with E-state index in [4.69, 9.17) is 4.42 Å². The minimum absolute atomic E-state index is 0.000793. The van der Waals surface area contributed by atoms with E-state index in [9.17, 15) is 0 Å². The molecule has 18 heavy (non-hydrogen) atoms. The van der Waals surface area contributed by atoms with E-state index >= 15 is 0 Å². The van der Waals surface area contributed by atoms with Crippen LogP contribution in [0.15, 0.2) is 53.5 Å². The molecule has 1 unspecified atom stereocenters. The number of hydrogen-bond acceptors (Lipinski definition) is 4. The van der Waals surface area contributed by atoms with Crippen LogP contribution in [0.4, 0.5) is 0 Å². The molecule has 0 spiro atoms. The maximum atomic E-state index is 5.12. The summed E-state index contributed by atoms with van der Waals surface area (Å²) in [6.45, 7) is 0. The summed E-state index contributed by atoms with van der Waals surface area (Å²) < 4.78 is 5.12. The van der Waals surface area contributed by atoms with Crippen LogP contribution in [-0.2, 0) is 0 Å². The number of furan rings is 1. The average Bonchev–Trinajstić information content (AvgIpc) is 2.93. The quantitative estimate of drug-likeness (QED) is 0.763. The summed E-state index contributed by atoms with van der Waals surface area (Å²) >= 11 is 0. The van der Waals surface area contributed by atoms with E-state index in [0.717, 1.165) is 22.3 Å². The molecule has 2 aromatic heterocycles. The van der Waals surface area contributed by atoms with E-state index in [1.807, 2.05) is 37.4 Å². The van der Waals surface area contributed by atoms with Gasteiger partial charge in [0.25, 0.3) is 0 Å². The Kier molecular flexibility index (Phi) is 2.78. The number of hydrogen-bond donors (Lipinski definition) is 1. The van der Waals surface area contributed by atoms with Crippen LogP contribution in [0.25, 0.3) is 11.0 Å². The van der Waals surface area contributed by atoms with Crippen molar-refractivity contribution >= 4 is 11.0 Å². The van der Waals surface area contributed by atoms with Crippen molar-refractivity contribution in [1.29, 1.82) is 0 Å². The Balaban J connectivity index is 2.07. The predicted molar refractivity (Wildman–Crippen MR) is 69.1 cm³/mol. The Hall–Kier alpha value is -2.20. The van der Waals surface area contributed by atoms with Gasteiger partial charge in [-0.25, -0.2) is 4.98 Å². The first-order chi connectivity index (χ1) is 8.88. The fourth-order valence-corrected chi connectivity index (χ4v) is 2.04. The number of nitrogens with zero attached hydrogens (tertiary/aromatic N) is 2. The molecule has 0 saturated heterocycles. The van der Waals surface area contributed by atoms with Crippen LogP contribution < -0.4 is 5.32 Å². The molecule has 0 radical (unpaired) electrons. The van der Waals surface area contributed by atoms with Crippen molar-refractivity contribution in [2.75, 3.05) is 7.05 Å². The third-order valence-corrected chi connectivity index (χ3v) is 2.93. The van der Waals surface area contributed by atoms with Crippen LogP contribution in [0, 0.1) is 0 Å². The van der Waals surface area contributed by atoms with E-state index < -0.39 is 0 Å². The lowest BCUT2D eigenvalue weighted by molar-refractivity contribution is 0.556. The van der Waals surface area contributed by atoms with Gasteiger partial charge in [0.1, 0.15) is 0 Å². The minimum Gasteiger partial charge on any atom is -0.472 e. The number of nitrogens with one attached hydrogen (secondary N) is 1. The standard InChI is InChI=1S/C14H13N3O/c1-15-14(10-6-7-18-9-10)13-8-16-11-4-2-3-5-12(11)17-13/h2-9,14-15H,1H3. The van der Waals surface area contributed by atoms with Crippen LogP contribution in [0.3, 0.4) is 0 Å². The van der Waals surface area contributed by atoms with Crippen molar-refractivity contribution in [3.05, 3.63) is 60.3 Å². The van der Waals surface area contributed by atoms with Gasteiger partial charge in [0.15, 0.2) is 0 Å². The molecule has 0 aliphatic carbocycles. The number of rotatable bonds is 3. The van der Waals surface area contributed by atoms with Gasteiger partial charge in [-0.05, 0) is 25.2 Å². The third kappa shape index (κ3) is 1.87. The molecule has 1 atom stereocenters. The van der Waals surface area contributed by atoms with E-state index in [0.29, 0.717) is 0 Å². The minimum atomic E-state index is 0.000793. The largest absolute Gasteiger partial charge is 0.472 e. The molecule has 1 N–H and O–H groups in total. The number of fused-ring (bicyclic) bond motifs is 1. The maximum Gasteiger partial charge on any atom is 0.0954 e. The summed E-state index contributed by atoms with van der Waals surface area (Å²) in [7, 11) is 1.90. The van der Waals surface area contributed by atoms with Gasteiger partial charge in [0.2, 0.25) is 0 Å². The zero-order valence-electron chi connectivity index (χ0n) is 10.00. The Morgan fingerprint density at radius 2 is 2.00 bits per heavy atom. The molecule has 3 rings (SSSR count). The first kappa shape index (κ1) is 10.9. The second-order valence-corrected chi connectivity index (χ2v) is 4.06. The molecule has 0 saturated carbocycles. The summed E-state index contributed by atoms with van der Waals surface area (Å²) in [4.78, 5) is 9.06. The molecular weight excluding hydrogens is 226 g/mol. The zero-order chi connectivity index (χ0) is 12.4. The van der Waals surface area contributed by atoms with Gasteiger partial charge in [-0.3, -0.25) is 4.98 Å². The van der Waals surface area contributed by atoms with Gasteiger partial charge in [-0.15, -0.1) is 0 Å².